The third kappa shape index (κ3) is 24.8. The molecule has 0 rings (SSSR count). The van der Waals surface area contributed by atoms with Crippen molar-refractivity contribution in [1.29, 1.82) is 0 Å². The molecule has 0 saturated carbocycles. The van der Waals surface area contributed by atoms with Crippen LogP contribution in [0.4, 0.5) is 0 Å². The lowest BCUT2D eigenvalue weighted by Gasteiger charge is -1.98. The minimum atomic E-state index is -0.167. The average molecular weight is 150 g/mol. The van der Waals surface area contributed by atoms with E-state index in [-0.39, 0.29) is 12.2 Å². The molecule has 0 aliphatic carbocycles. The largest absolute Gasteiger partial charge is 0.394 e. The van der Waals surface area contributed by atoms with Crippen LogP contribution in [0.2, 0.25) is 0 Å². The van der Waals surface area contributed by atoms with Gasteiger partial charge in [0.15, 0.2) is 0 Å². The van der Waals surface area contributed by atoms with Gasteiger partial charge in [0, 0.05) is 6.10 Å². The third-order valence-electron chi connectivity index (χ3n) is 0.755. The second-order valence-corrected chi connectivity index (χ2v) is 2.42. The van der Waals surface area contributed by atoms with Gasteiger partial charge in [-0.15, -0.1) is 0 Å². The lowest BCUT2D eigenvalue weighted by atomic mass is 10.3. The van der Waals surface area contributed by atoms with E-state index in [2.05, 4.69) is 4.89 Å². The molecule has 0 spiro atoms. The average Bonchev–Trinajstić information content (AvgIpc) is 1.85. The fourth-order valence-electron chi connectivity index (χ4n) is 0.0745. The Bertz CT molecular complexity index is 48.1. The summed E-state index contributed by atoms with van der Waals surface area (Å²) in [6.07, 6.45) is 0.682. The highest BCUT2D eigenvalue weighted by Gasteiger charge is 1.91. The predicted octanol–water partition coefficient (Wildman–Crippen LogP) is 1.66. The summed E-state index contributed by atoms with van der Waals surface area (Å²) >= 11 is 0. The van der Waals surface area contributed by atoms with Crippen LogP contribution in [0.3, 0.4) is 0 Å². The van der Waals surface area contributed by atoms with Crippen molar-refractivity contribution in [2.45, 2.75) is 46.3 Å². The first-order chi connectivity index (χ1) is 4.54. The zero-order valence-corrected chi connectivity index (χ0v) is 7.16. The minimum Gasteiger partial charge on any atom is -0.394 e. The van der Waals surface area contributed by atoms with Crippen LogP contribution in [0.5, 0.6) is 0 Å². The molecule has 0 fully saturated rings. The summed E-state index contributed by atoms with van der Waals surface area (Å²) in [6, 6.07) is 0. The number of aliphatic hydroxyl groups excluding tert-OH is 1. The van der Waals surface area contributed by atoms with Gasteiger partial charge < -0.3 is 5.11 Å². The molecule has 3 nitrogen and oxygen atoms in total. The fourth-order valence-corrected chi connectivity index (χ4v) is 0.0745. The van der Waals surface area contributed by atoms with Gasteiger partial charge in [-0.2, -0.15) is 0 Å². The summed E-state index contributed by atoms with van der Waals surface area (Å²) in [5, 5.41) is 15.9. The number of hydrogen-bond donors (Lipinski definition) is 2. The monoisotopic (exact) mass is 150 g/mol. The summed E-state index contributed by atoms with van der Waals surface area (Å²) in [5.74, 6) is 0. The van der Waals surface area contributed by atoms with Crippen LogP contribution < -0.4 is 0 Å². The van der Waals surface area contributed by atoms with Crippen molar-refractivity contribution in [3.63, 3.8) is 0 Å². The molecule has 2 N–H and O–H groups in total. The van der Waals surface area contributed by atoms with Crippen molar-refractivity contribution in [2.75, 3.05) is 0 Å². The summed E-state index contributed by atoms with van der Waals surface area (Å²) in [6.45, 7) is 7.20. The molecule has 3 heteroatoms. The smallest absolute Gasteiger partial charge is 0.0896 e. The van der Waals surface area contributed by atoms with Gasteiger partial charge in [0.25, 0.3) is 0 Å². The molecular formula is C7H18O3. The minimum absolute atomic E-state index is 0.00926. The lowest BCUT2D eigenvalue weighted by Crippen LogP contribution is -2.00. The second kappa shape index (κ2) is 8.88. The highest BCUT2D eigenvalue weighted by atomic mass is 17.1. The summed E-state index contributed by atoms with van der Waals surface area (Å²) < 4.78 is 0. The van der Waals surface area contributed by atoms with E-state index < -0.39 is 0 Å². The molecule has 0 amide bonds. The van der Waals surface area contributed by atoms with Crippen molar-refractivity contribution in [3.8, 4) is 0 Å². The van der Waals surface area contributed by atoms with Crippen molar-refractivity contribution in [1.82, 2.24) is 0 Å². The van der Waals surface area contributed by atoms with Crippen molar-refractivity contribution < 1.29 is 15.3 Å². The van der Waals surface area contributed by atoms with Crippen molar-refractivity contribution >= 4 is 0 Å². The Morgan fingerprint density at radius 1 is 1.30 bits per heavy atom. The molecule has 0 aromatic heterocycles. The van der Waals surface area contributed by atoms with Gasteiger partial charge in [0.05, 0.1) is 6.10 Å². The Morgan fingerprint density at radius 3 is 1.60 bits per heavy atom. The van der Waals surface area contributed by atoms with Gasteiger partial charge in [-0.05, 0) is 27.2 Å². The highest BCUT2D eigenvalue weighted by molar-refractivity contribution is 4.36. The zero-order chi connectivity index (χ0) is 8.57. The molecule has 10 heavy (non-hydrogen) atoms. The van der Waals surface area contributed by atoms with E-state index in [1.165, 1.54) is 0 Å². The van der Waals surface area contributed by atoms with Crippen molar-refractivity contribution in [3.05, 3.63) is 0 Å². The Kier molecular flexibility index (Phi) is 11.1. The van der Waals surface area contributed by atoms with E-state index in [1.807, 2.05) is 6.92 Å². The van der Waals surface area contributed by atoms with Crippen LogP contribution in [-0.2, 0) is 4.89 Å². The van der Waals surface area contributed by atoms with Crippen LogP contribution in [0.25, 0.3) is 0 Å². The maximum absolute atomic E-state index is 8.06. The normalized spacial score (nSPS) is 12.3. The van der Waals surface area contributed by atoms with Gasteiger partial charge in [0.2, 0.25) is 0 Å². The first-order valence-electron chi connectivity index (χ1n) is 3.52. The maximum atomic E-state index is 8.06. The number of rotatable bonds is 2. The fraction of sp³-hybridized carbons (Fsp3) is 1.00. The molecule has 1 atom stereocenters. The van der Waals surface area contributed by atoms with Gasteiger partial charge >= 0.3 is 0 Å². The zero-order valence-electron chi connectivity index (χ0n) is 7.16. The van der Waals surface area contributed by atoms with Crippen LogP contribution in [0.1, 0.15) is 34.1 Å². The van der Waals surface area contributed by atoms with Gasteiger partial charge in [-0.1, -0.05) is 6.92 Å². The predicted molar refractivity (Wildman–Crippen MR) is 40.8 cm³/mol. The number of hydrogen-bond acceptors (Lipinski definition) is 3. The first kappa shape index (κ1) is 12.5. The molecule has 0 aromatic carbocycles. The van der Waals surface area contributed by atoms with Crippen LogP contribution in [0, 0.1) is 0 Å². The molecule has 0 heterocycles. The van der Waals surface area contributed by atoms with Crippen LogP contribution in [0.15, 0.2) is 0 Å². The number of aliphatic hydroxyl groups is 1. The van der Waals surface area contributed by atoms with Gasteiger partial charge in [-0.3, -0.25) is 5.26 Å². The van der Waals surface area contributed by atoms with Crippen LogP contribution in [-0.4, -0.2) is 22.6 Å². The molecule has 0 radical (unpaired) electrons. The Hall–Kier alpha value is -0.120. The summed E-state index contributed by atoms with van der Waals surface area (Å²) in [5.41, 5.74) is 0. The summed E-state index contributed by atoms with van der Waals surface area (Å²) in [4.78, 5) is 3.90. The topological polar surface area (TPSA) is 49.7 Å². The highest BCUT2D eigenvalue weighted by Crippen LogP contribution is 1.89. The van der Waals surface area contributed by atoms with E-state index in [0.29, 0.717) is 0 Å². The molecular weight excluding hydrogens is 132 g/mol. The molecule has 0 aliphatic rings. The molecule has 0 aliphatic heterocycles. The molecule has 1 unspecified atom stereocenters. The maximum Gasteiger partial charge on any atom is 0.0896 e. The Labute approximate surface area is 62.6 Å². The van der Waals surface area contributed by atoms with E-state index >= 15 is 0 Å². The molecule has 0 bridgehead atoms. The quantitative estimate of drug-likeness (QED) is 0.465. The third-order valence-corrected chi connectivity index (χ3v) is 0.755. The van der Waals surface area contributed by atoms with Crippen molar-refractivity contribution in [2.24, 2.45) is 0 Å². The Morgan fingerprint density at radius 2 is 1.60 bits per heavy atom. The summed E-state index contributed by atoms with van der Waals surface area (Å²) in [7, 11) is 0. The standard InChI is InChI=1S/C4H10O2.C3H8O/c1-3-4(2)6-5;1-3(2)4/h4-5H,3H2,1-2H3;3-4H,1-2H3. The van der Waals surface area contributed by atoms with Crippen LogP contribution >= 0.6 is 0 Å². The lowest BCUT2D eigenvalue weighted by molar-refractivity contribution is -0.274. The SMILES string of the molecule is CC(C)O.CCC(C)OO. The molecule has 0 saturated heterocycles. The van der Waals surface area contributed by atoms with E-state index in [4.69, 9.17) is 10.4 Å². The van der Waals surface area contributed by atoms with E-state index in [1.54, 1.807) is 20.8 Å². The van der Waals surface area contributed by atoms with E-state index in [0.717, 1.165) is 6.42 Å². The molecule has 0 aromatic rings. The Balaban J connectivity index is 0. The molecule has 64 valence electrons. The van der Waals surface area contributed by atoms with Gasteiger partial charge in [-0.25, -0.2) is 4.89 Å². The first-order valence-corrected chi connectivity index (χ1v) is 3.52. The van der Waals surface area contributed by atoms with E-state index in [9.17, 15) is 0 Å². The second-order valence-electron chi connectivity index (χ2n) is 2.42. The van der Waals surface area contributed by atoms with Gasteiger partial charge in [0.1, 0.15) is 0 Å².